The highest BCUT2D eigenvalue weighted by atomic mass is 16.5. The van der Waals surface area contributed by atoms with E-state index in [1.165, 1.54) is 0 Å². The minimum Gasteiger partial charge on any atom is -0.497 e. The summed E-state index contributed by atoms with van der Waals surface area (Å²) >= 11 is 0. The number of hydrogen-bond acceptors (Lipinski definition) is 3. The monoisotopic (exact) mass is 460 g/mol. The third kappa shape index (κ3) is 7.75. The number of nitrogens with one attached hydrogen (secondary N) is 1. The number of amides is 2. The van der Waals surface area contributed by atoms with Gasteiger partial charge in [-0.05, 0) is 49.0 Å². The Labute approximate surface area is 202 Å². The molecule has 1 aliphatic carbocycles. The molecule has 1 rings (SSSR count). The molecular formula is C28H48N2O3. The molecule has 1 aliphatic rings. The van der Waals surface area contributed by atoms with Gasteiger partial charge in [0.1, 0.15) is 5.76 Å². The molecule has 0 aromatic heterocycles. The maximum Gasteiger partial charge on any atom is 0.268 e. The van der Waals surface area contributed by atoms with Crippen LogP contribution in [0.15, 0.2) is 34.6 Å². The highest BCUT2D eigenvalue weighted by molar-refractivity contribution is 5.99. The van der Waals surface area contributed by atoms with Gasteiger partial charge in [0.2, 0.25) is 0 Å². The van der Waals surface area contributed by atoms with Gasteiger partial charge < -0.3 is 4.74 Å². The number of nitrogens with zero attached hydrogens (tertiary/aromatic N) is 1. The predicted octanol–water partition coefficient (Wildman–Crippen LogP) is 6.72. The second kappa shape index (κ2) is 13.0. The van der Waals surface area contributed by atoms with Crippen LogP contribution in [0.25, 0.3) is 0 Å². The average molecular weight is 461 g/mol. The summed E-state index contributed by atoms with van der Waals surface area (Å²) in [5.74, 6) is 0.966. The molecule has 0 radical (unpaired) electrons. The first-order chi connectivity index (χ1) is 15.4. The van der Waals surface area contributed by atoms with Gasteiger partial charge in [-0.25, -0.2) is 5.01 Å². The quantitative estimate of drug-likeness (QED) is 0.291. The summed E-state index contributed by atoms with van der Waals surface area (Å²) in [5.41, 5.74) is 5.30. The summed E-state index contributed by atoms with van der Waals surface area (Å²) in [5, 5.41) is 1.66. The van der Waals surface area contributed by atoms with E-state index in [2.05, 4.69) is 60.8 Å². The lowest BCUT2D eigenvalue weighted by Crippen LogP contribution is -2.59. The van der Waals surface area contributed by atoms with Gasteiger partial charge in [-0.1, -0.05) is 81.2 Å². The number of hydrogen-bond donors (Lipinski definition) is 1. The second-order valence-corrected chi connectivity index (χ2v) is 10.6. The van der Waals surface area contributed by atoms with E-state index >= 15 is 0 Å². The molecule has 0 heterocycles. The molecule has 1 N–H and O–H groups in total. The van der Waals surface area contributed by atoms with Crippen LogP contribution in [0.2, 0.25) is 0 Å². The van der Waals surface area contributed by atoms with E-state index < -0.39 is 0 Å². The van der Waals surface area contributed by atoms with E-state index in [-0.39, 0.29) is 35.1 Å². The first-order valence-electron chi connectivity index (χ1n) is 12.7. The number of carbonyl (C=O) groups excluding carboxylic acids is 2. The lowest BCUT2D eigenvalue weighted by molar-refractivity contribution is -0.145. The third-order valence-electron chi connectivity index (χ3n) is 6.35. The SMILES string of the molecule is CCC/C(=C\C(C)C)C(=O)N(NC(=O)C1=C(CC)C(OC)=CCC1)C(C(C)CC)C(C)(C)C. The van der Waals surface area contributed by atoms with Crippen molar-refractivity contribution in [2.45, 2.75) is 107 Å². The average Bonchev–Trinajstić information content (AvgIpc) is 2.75. The molecule has 5 nitrogen and oxygen atoms in total. The van der Waals surface area contributed by atoms with Crippen LogP contribution in [0.1, 0.15) is 101 Å². The molecule has 0 spiro atoms. The Morgan fingerprint density at radius 2 is 1.82 bits per heavy atom. The van der Waals surface area contributed by atoms with Crippen LogP contribution < -0.4 is 5.43 Å². The third-order valence-corrected chi connectivity index (χ3v) is 6.35. The van der Waals surface area contributed by atoms with Gasteiger partial charge in [-0.3, -0.25) is 15.0 Å². The smallest absolute Gasteiger partial charge is 0.268 e. The summed E-state index contributed by atoms with van der Waals surface area (Å²) in [4.78, 5) is 27.6. The normalized spacial score (nSPS) is 16.9. The Morgan fingerprint density at radius 3 is 2.27 bits per heavy atom. The van der Waals surface area contributed by atoms with Crippen molar-refractivity contribution in [1.29, 1.82) is 0 Å². The molecular weight excluding hydrogens is 412 g/mol. The van der Waals surface area contributed by atoms with Crippen LogP contribution >= 0.6 is 0 Å². The van der Waals surface area contributed by atoms with Gasteiger partial charge in [0.05, 0.1) is 13.2 Å². The predicted molar refractivity (Wildman–Crippen MR) is 137 cm³/mol. The minimum atomic E-state index is -0.209. The minimum absolute atomic E-state index is 0.0870. The summed E-state index contributed by atoms with van der Waals surface area (Å²) in [6, 6.07) is -0.141. The number of methoxy groups -OCH3 is 1. The first-order valence-corrected chi connectivity index (χ1v) is 12.7. The van der Waals surface area contributed by atoms with Gasteiger partial charge >= 0.3 is 0 Å². The van der Waals surface area contributed by atoms with Crippen molar-refractivity contribution in [2.24, 2.45) is 17.3 Å². The number of rotatable bonds is 10. The largest absolute Gasteiger partial charge is 0.497 e. The number of carbonyl (C=O) groups is 2. The van der Waals surface area contributed by atoms with Crippen LogP contribution in [-0.2, 0) is 14.3 Å². The summed E-state index contributed by atoms with van der Waals surface area (Å²) < 4.78 is 5.53. The zero-order valence-corrected chi connectivity index (χ0v) is 22.8. The number of allylic oxidation sites excluding steroid dienone is 3. The van der Waals surface area contributed by atoms with Crippen LogP contribution in [0, 0.1) is 17.3 Å². The van der Waals surface area contributed by atoms with E-state index in [1.54, 1.807) is 12.1 Å². The van der Waals surface area contributed by atoms with Crippen molar-refractivity contribution in [3.05, 3.63) is 34.6 Å². The summed E-state index contributed by atoms with van der Waals surface area (Å²) in [6.07, 6.45) is 8.69. The number of hydrazine groups is 1. The molecule has 2 atom stereocenters. The highest BCUT2D eigenvalue weighted by Crippen LogP contribution is 2.33. The molecule has 2 unspecified atom stereocenters. The zero-order valence-electron chi connectivity index (χ0n) is 22.8. The lowest BCUT2D eigenvalue weighted by Gasteiger charge is -2.44. The standard InChI is InChI=1S/C28H48N2O3/c1-11-15-21(18-19(4)5)27(32)30(25(20(6)12-2)28(7,8)9)29-26(31)23-16-14-17-24(33-10)22(23)13-3/h17-20,25H,11-16H2,1-10H3,(H,29,31)/b21-18+. The van der Waals surface area contributed by atoms with Gasteiger partial charge in [-0.2, -0.15) is 0 Å². The highest BCUT2D eigenvalue weighted by Gasteiger charge is 2.39. The van der Waals surface area contributed by atoms with Gasteiger partial charge in [0, 0.05) is 16.7 Å². The van der Waals surface area contributed by atoms with E-state index in [0.717, 1.165) is 41.7 Å². The Bertz CT molecular complexity index is 769. The van der Waals surface area contributed by atoms with Crippen molar-refractivity contribution in [1.82, 2.24) is 10.4 Å². The van der Waals surface area contributed by atoms with Crippen LogP contribution in [0.4, 0.5) is 0 Å². The number of ether oxygens (including phenoxy) is 1. The van der Waals surface area contributed by atoms with E-state index in [1.807, 2.05) is 19.1 Å². The van der Waals surface area contributed by atoms with Crippen LogP contribution in [-0.4, -0.2) is 30.0 Å². The summed E-state index contributed by atoms with van der Waals surface area (Å²) in [7, 11) is 1.64. The van der Waals surface area contributed by atoms with Crippen molar-refractivity contribution in [3.8, 4) is 0 Å². The molecule has 0 fully saturated rings. The van der Waals surface area contributed by atoms with Crippen LogP contribution in [0.3, 0.4) is 0 Å². The molecule has 0 aliphatic heterocycles. The van der Waals surface area contributed by atoms with Crippen molar-refractivity contribution in [2.75, 3.05) is 7.11 Å². The van der Waals surface area contributed by atoms with Crippen molar-refractivity contribution in [3.63, 3.8) is 0 Å². The molecule has 2 amide bonds. The Kier molecular flexibility index (Phi) is 11.4. The fourth-order valence-corrected chi connectivity index (χ4v) is 4.85. The topological polar surface area (TPSA) is 58.6 Å². The Morgan fingerprint density at radius 1 is 1.18 bits per heavy atom. The lowest BCUT2D eigenvalue weighted by atomic mass is 9.78. The molecule has 188 valence electrons. The van der Waals surface area contributed by atoms with Gasteiger partial charge in [0.25, 0.3) is 11.8 Å². The van der Waals surface area contributed by atoms with Gasteiger partial charge in [-0.15, -0.1) is 0 Å². The maximum atomic E-state index is 14.0. The maximum absolute atomic E-state index is 14.0. The Balaban J connectivity index is 3.55. The first kappa shape index (κ1) is 29.0. The van der Waals surface area contributed by atoms with Crippen molar-refractivity contribution < 1.29 is 14.3 Å². The molecule has 0 aromatic carbocycles. The zero-order chi connectivity index (χ0) is 25.3. The molecule has 5 heteroatoms. The van der Waals surface area contributed by atoms with E-state index in [0.29, 0.717) is 19.3 Å². The fraction of sp³-hybridized carbons (Fsp3) is 0.714. The molecule has 33 heavy (non-hydrogen) atoms. The second-order valence-electron chi connectivity index (χ2n) is 10.6. The van der Waals surface area contributed by atoms with Gasteiger partial charge in [0.15, 0.2) is 0 Å². The van der Waals surface area contributed by atoms with E-state index in [4.69, 9.17) is 4.74 Å². The van der Waals surface area contributed by atoms with Crippen molar-refractivity contribution >= 4 is 11.8 Å². The summed E-state index contributed by atoms with van der Waals surface area (Å²) in [6.45, 7) is 19.0. The fourth-order valence-electron chi connectivity index (χ4n) is 4.85. The molecule has 0 saturated carbocycles. The molecule has 0 bridgehead atoms. The Hall–Kier alpha value is -2.04. The van der Waals surface area contributed by atoms with E-state index in [9.17, 15) is 9.59 Å². The molecule has 0 saturated heterocycles. The van der Waals surface area contributed by atoms with Crippen LogP contribution in [0.5, 0.6) is 0 Å². The molecule has 0 aromatic rings.